The number of halogens is 6. The van der Waals surface area contributed by atoms with Crippen molar-refractivity contribution in [2.45, 2.75) is 45.9 Å². The molecular weight excluding hydrogens is 491 g/mol. The van der Waals surface area contributed by atoms with Crippen LogP contribution in [-0.4, -0.2) is 22.2 Å². The molecule has 0 spiro atoms. The van der Waals surface area contributed by atoms with Crippen molar-refractivity contribution in [2.75, 3.05) is 3.71 Å². The number of rotatable bonds is 6. The molecule has 1 aromatic rings. The van der Waals surface area contributed by atoms with Gasteiger partial charge in [0.15, 0.2) is 4.84 Å². The van der Waals surface area contributed by atoms with Crippen molar-refractivity contribution in [3.63, 3.8) is 0 Å². The van der Waals surface area contributed by atoms with Crippen LogP contribution in [0.3, 0.4) is 0 Å². The molecule has 0 heterocycles. The summed E-state index contributed by atoms with van der Waals surface area (Å²) in [6, 6.07) is 4.49. The van der Waals surface area contributed by atoms with E-state index in [1.165, 1.54) is 18.2 Å². The minimum atomic E-state index is -3.80. The first-order valence-corrected chi connectivity index (χ1v) is 12.1. The van der Waals surface area contributed by atoms with Gasteiger partial charge in [0.05, 0.1) is 16.0 Å². The molecule has 11 heteroatoms. The number of alkyl halides is 4. The van der Waals surface area contributed by atoms with E-state index in [-0.39, 0.29) is 10.7 Å². The summed E-state index contributed by atoms with van der Waals surface area (Å²) < 4.78 is 25.7. The largest absolute Gasteiger partial charge is 0.247 e. The van der Waals surface area contributed by atoms with E-state index in [4.69, 9.17) is 69.6 Å². The van der Waals surface area contributed by atoms with Gasteiger partial charge in [-0.05, 0) is 31.0 Å². The molecule has 2 rings (SSSR count). The molecule has 1 aliphatic rings. The Labute approximate surface area is 182 Å². The van der Waals surface area contributed by atoms with Gasteiger partial charge >= 0.3 is 0 Å². The minimum Gasteiger partial charge on any atom is -0.207 e. The van der Waals surface area contributed by atoms with Crippen molar-refractivity contribution in [2.24, 2.45) is 0 Å². The molecule has 0 aliphatic heterocycles. The van der Waals surface area contributed by atoms with Crippen LogP contribution in [0.25, 0.3) is 0 Å². The van der Waals surface area contributed by atoms with E-state index in [2.05, 4.69) is 0 Å². The Kier molecular flexibility index (Phi) is 8.08. The van der Waals surface area contributed by atoms with Crippen LogP contribution >= 0.6 is 81.6 Å². The zero-order valence-corrected chi connectivity index (χ0v) is 18.9. The molecule has 25 heavy (non-hydrogen) atoms. The molecule has 0 aromatic heterocycles. The first-order valence-electron chi connectivity index (χ1n) is 7.40. The number of hydrogen-bond acceptors (Lipinski definition) is 3. The summed E-state index contributed by atoms with van der Waals surface area (Å²) >= 11 is 36.6. The molecule has 1 saturated carbocycles. The molecule has 142 valence electrons. The minimum absolute atomic E-state index is 0.157. The quantitative estimate of drug-likeness (QED) is 0.307. The zero-order chi connectivity index (χ0) is 18.8. The number of benzene rings is 1. The molecule has 0 amide bonds. The normalized spacial score (nSPS) is 17.1. The highest BCUT2D eigenvalue weighted by atomic mass is 35.5. The van der Waals surface area contributed by atoms with E-state index in [1.54, 1.807) is 0 Å². The highest BCUT2D eigenvalue weighted by molar-refractivity contribution is 8.17. The second-order valence-corrected chi connectivity index (χ2v) is 12.8. The lowest BCUT2D eigenvalue weighted by Crippen LogP contribution is -2.39. The lowest BCUT2D eigenvalue weighted by molar-refractivity contribution is 0.484. The fraction of sp³-hybridized carbons (Fsp3) is 0.571. The van der Waals surface area contributed by atoms with Crippen molar-refractivity contribution >= 4 is 97.3 Å². The Morgan fingerprint density at radius 2 is 1.72 bits per heavy atom. The second-order valence-electron chi connectivity index (χ2n) is 5.58. The molecule has 0 N–H and O–H groups in total. The van der Waals surface area contributed by atoms with E-state index in [9.17, 15) is 8.42 Å². The zero-order valence-electron chi connectivity index (χ0n) is 12.8. The molecular formula is C14H15Cl6NO2S2. The van der Waals surface area contributed by atoms with Gasteiger partial charge in [-0.25, -0.2) is 12.1 Å². The molecule has 1 aliphatic carbocycles. The fourth-order valence-corrected chi connectivity index (χ4v) is 7.33. The van der Waals surface area contributed by atoms with Crippen LogP contribution in [0.2, 0.25) is 10.0 Å². The Hall–Kier alpha value is 1.06. The maximum Gasteiger partial charge on any atom is 0.247 e. The fourth-order valence-electron chi connectivity index (χ4n) is 2.52. The lowest BCUT2D eigenvalue weighted by atomic mass is 10.0. The SMILES string of the molecule is O=S(=O)(C1CCCCC1)N(SC(Cl)(Cl)C(Cl)Cl)c1ccc(Cl)cc1Cl. The van der Waals surface area contributed by atoms with Crippen LogP contribution in [0, 0.1) is 0 Å². The Morgan fingerprint density at radius 3 is 2.24 bits per heavy atom. The van der Waals surface area contributed by atoms with Gasteiger partial charge in [-0.3, -0.25) is 0 Å². The Bertz CT molecular complexity index is 707. The summed E-state index contributed by atoms with van der Waals surface area (Å²) in [4.78, 5) is -1.23. The Morgan fingerprint density at radius 1 is 1.12 bits per heavy atom. The van der Waals surface area contributed by atoms with Gasteiger partial charge < -0.3 is 0 Å². The molecule has 0 atom stereocenters. The molecule has 1 fully saturated rings. The summed E-state index contributed by atoms with van der Waals surface area (Å²) in [5.41, 5.74) is 0.210. The molecule has 0 bridgehead atoms. The van der Waals surface area contributed by atoms with Crippen molar-refractivity contribution in [1.82, 2.24) is 0 Å². The van der Waals surface area contributed by atoms with Crippen molar-refractivity contribution in [3.05, 3.63) is 28.2 Å². The van der Waals surface area contributed by atoms with Crippen LogP contribution < -0.4 is 3.71 Å². The first-order chi connectivity index (χ1) is 11.6. The van der Waals surface area contributed by atoms with Crippen molar-refractivity contribution in [3.8, 4) is 0 Å². The monoisotopic (exact) mass is 503 g/mol. The maximum absolute atomic E-state index is 13.2. The van der Waals surface area contributed by atoms with Gasteiger partial charge in [0.25, 0.3) is 0 Å². The molecule has 0 radical (unpaired) electrons. The summed E-state index contributed by atoms with van der Waals surface area (Å²) in [6.07, 6.45) is 3.83. The third kappa shape index (κ3) is 5.54. The Balaban J connectivity index is 2.48. The summed E-state index contributed by atoms with van der Waals surface area (Å²) in [5.74, 6) is 0. The third-order valence-electron chi connectivity index (χ3n) is 3.77. The summed E-state index contributed by atoms with van der Waals surface area (Å²) in [6.45, 7) is 0. The first kappa shape index (κ1) is 22.4. The second kappa shape index (κ2) is 9.04. The van der Waals surface area contributed by atoms with Gasteiger partial charge in [-0.2, -0.15) is 0 Å². The number of hydrogen-bond donors (Lipinski definition) is 0. The summed E-state index contributed by atoms with van der Waals surface area (Å²) in [5, 5.41) is -0.0118. The number of sulfonamides is 1. The van der Waals surface area contributed by atoms with E-state index >= 15 is 0 Å². The van der Waals surface area contributed by atoms with E-state index in [0.717, 1.165) is 23.0 Å². The summed E-state index contributed by atoms with van der Waals surface area (Å²) in [7, 11) is -3.80. The van der Waals surface area contributed by atoms with Crippen LogP contribution in [0.15, 0.2) is 18.2 Å². The number of nitrogens with zero attached hydrogens (tertiary/aromatic N) is 1. The highest BCUT2D eigenvalue weighted by Crippen LogP contribution is 2.49. The van der Waals surface area contributed by atoms with E-state index in [1.807, 2.05) is 0 Å². The van der Waals surface area contributed by atoms with Gasteiger partial charge in [0.2, 0.25) is 13.7 Å². The predicted molar refractivity (Wildman–Crippen MR) is 112 cm³/mol. The van der Waals surface area contributed by atoms with Crippen LogP contribution in [0.4, 0.5) is 5.69 Å². The van der Waals surface area contributed by atoms with Gasteiger partial charge in [0, 0.05) is 17.0 Å². The van der Waals surface area contributed by atoms with Gasteiger partial charge in [0.1, 0.15) is 0 Å². The molecule has 3 nitrogen and oxygen atoms in total. The van der Waals surface area contributed by atoms with Crippen molar-refractivity contribution < 1.29 is 8.42 Å². The average molecular weight is 506 g/mol. The average Bonchev–Trinajstić information content (AvgIpc) is 2.54. The van der Waals surface area contributed by atoms with Crippen LogP contribution in [-0.2, 0) is 10.0 Å². The van der Waals surface area contributed by atoms with Crippen molar-refractivity contribution in [1.29, 1.82) is 0 Å². The smallest absolute Gasteiger partial charge is 0.207 e. The molecule has 0 unspecified atom stereocenters. The standard InChI is InChI=1S/C14H15Cl6NO2S2/c15-9-6-7-12(11(16)8-9)21(24-14(19,20)13(17)18)25(22,23)10-4-2-1-3-5-10/h6-8,10,13H,1-5H2. The predicted octanol–water partition coefficient (Wildman–Crippen LogP) is 7.05. The highest BCUT2D eigenvalue weighted by Gasteiger charge is 2.43. The van der Waals surface area contributed by atoms with E-state index < -0.39 is 23.8 Å². The topological polar surface area (TPSA) is 37.4 Å². The third-order valence-corrected chi connectivity index (χ3v) is 10.2. The van der Waals surface area contributed by atoms with Gasteiger partial charge in [-0.1, -0.05) is 65.7 Å². The molecule has 0 saturated heterocycles. The number of anilines is 1. The lowest BCUT2D eigenvalue weighted by Gasteiger charge is -2.34. The van der Waals surface area contributed by atoms with Gasteiger partial charge in [-0.15, -0.1) is 23.2 Å². The maximum atomic E-state index is 13.2. The van der Waals surface area contributed by atoms with Crippen LogP contribution in [0.5, 0.6) is 0 Å². The van der Waals surface area contributed by atoms with Crippen LogP contribution in [0.1, 0.15) is 32.1 Å². The molecule has 1 aromatic carbocycles. The van der Waals surface area contributed by atoms with E-state index in [0.29, 0.717) is 29.8 Å².